The number of alkyl halides is 1. The molecule has 0 radical (unpaired) electrons. The first-order valence-corrected chi connectivity index (χ1v) is 12.8. The van der Waals surface area contributed by atoms with Gasteiger partial charge >= 0.3 is 5.97 Å². The van der Waals surface area contributed by atoms with Gasteiger partial charge in [-0.15, -0.1) is 0 Å². The quantitative estimate of drug-likeness (QED) is 0.354. The van der Waals surface area contributed by atoms with Crippen LogP contribution in [0.5, 0.6) is 5.75 Å². The SMILES string of the molecule is CC(C)(C)OC(=O)c1cc(C2CC2)c(OCC2(F)CCN(CCc3ccc(F)cc3Cl)CC2)cc1F. The van der Waals surface area contributed by atoms with Crippen LogP contribution < -0.4 is 4.74 Å². The van der Waals surface area contributed by atoms with Crippen LogP contribution >= 0.6 is 11.6 Å². The summed E-state index contributed by atoms with van der Waals surface area (Å²) in [6.07, 6.45) is 3.08. The molecule has 1 saturated heterocycles. The van der Waals surface area contributed by atoms with E-state index in [0.29, 0.717) is 49.7 Å². The zero-order valence-electron chi connectivity index (χ0n) is 21.0. The molecule has 2 aromatic rings. The number of piperidine rings is 1. The third-order valence-electron chi connectivity index (χ3n) is 6.69. The number of nitrogens with zero attached hydrogens (tertiary/aromatic N) is 1. The van der Waals surface area contributed by atoms with Crippen LogP contribution in [0.25, 0.3) is 0 Å². The summed E-state index contributed by atoms with van der Waals surface area (Å²) in [5, 5.41) is 0.400. The molecule has 0 N–H and O–H groups in total. The molecule has 0 spiro atoms. The van der Waals surface area contributed by atoms with Gasteiger partial charge in [-0.05, 0) is 88.1 Å². The smallest absolute Gasteiger partial charge is 0.341 e. The zero-order valence-corrected chi connectivity index (χ0v) is 21.8. The average Bonchev–Trinajstić information content (AvgIpc) is 3.62. The van der Waals surface area contributed by atoms with Gasteiger partial charge in [0.1, 0.15) is 35.3 Å². The Labute approximate surface area is 215 Å². The number of hydrogen-bond acceptors (Lipinski definition) is 4. The van der Waals surface area contributed by atoms with E-state index in [2.05, 4.69) is 4.90 Å². The Morgan fingerprint density at radius 2 is 1.83 bits per heavy atom. The number of ether oxygens (including phenoxy) is 2. The summed E-state index contributed by atoms with van der Waals surface area (Å²) in [5.74, 6) is -1.34. The summed E-state index contributed by atoms with van der Waals surface area (Å²) in [7, 11) is 0. The van der Waals surface area contributed by atoms with Gasteiger partial charge in [-0.3, -0.25) is 0 Å². The number of likely N-dealkylation sites (tertiary alicyclic amines) is 1. The predicted octanol–water partition coefficient (Wildman–Crippen LogP) is 6.88. The van der Waals surface area contributed by atoms with E-state index in [0.717, 1.165) is 24.0 Å². The molecule has 4 nitrogen and oxygen atoms in total. The molecular weight excluding hydrogens is 491 g/mol. The highest BCUT2D eigenvalue weighted by Gasteiger charge is 2.37. The van der Waals surface area contributed by atoms with Crippen molar-refractivity contribution in [3.05, 3.63) is 63.7 Å². The highest BCUT2D eigenvalue weighted by Crippen LogP contribution is 2.45. The molecule has 1 aliphatic heterocycles. The zero-order chi connectivity index (χ0) is 26.1. The Morgan fingerprint density at radius 3 is 2.44 bits per heavy atom. The van der Waals surface area contributed by atoms with Crippen molar-refractivity contribution in [2.45, 2.75) is 70.1 Å². The van der Waals surface area contributed by atoms with Crippen molar-refractivity contribution in [3.63, 3.8) is 0 Å². The monoisotopic (exact) mass is 523 g/mol. The van der Waals surface area contributed by atoms with Gasteiger partial charge in [0.05, 0.1) is 5.56 Å². The lowest BCUT2D eigenvalue weighted by Gasteiger charge is -2.36. The lowest BCUT2D eigenvalue weighted by atomic mass is 9.94. The average molecular weight is 524 g/mol. The molecular formula is C28H33ClF3NO3. The van der Waals surface area contributed by atoms with Gasteiger partial charge in [0.25, 0.3) is 0 Å². The van der Waals surface area contributed by atoms with E-state index in [-0.39, 0.29) is 23.9 Å². The van der Waals surface area contributed by atoms with Crippen LogP contribution in [-0.4, -0.2) is 48.4 Å². The Hall–Kier alpha value is -2.25. The molecule has 0 amide bonds. The summed E-state index contributed by atoms with van der Waals surface area (Å²) in [6, 6.07) is 7.07. The van der Waals surface area contributed by atoms with Gasteiger partial charge < -0.3 is 14.4 Å². The fourth-order valence-corrected chi connectivity index (χ4v) is 4.69. The first-order chi connectivity index (χ1) is 16.9. The maximum Gasteiger partial charge on any atom is 0.341 e. The maximum atomic E-state index is 15.6. The van der Waals surface area contributed by atoms with E-state index in [1.807, 2.05) is 0 Å². The van der Waals surface area contributed by atoms with Crippen molar-refractivity contribution in [1.82, 2.24) is 4.90 Å². The minimum absolute atomic E-state index is 0.122. The summed E-state index contributed by atoms with van der Waals surface area (Å²) in [4.78, 5) is 14.6. The predicted molar refractivity (Wildman–Crippen MR) is 134 cm³/mol. The molecule has 2 aliphatic rings. The molecule has 1 saturated carbocycles. The topological polar surface area (TPSA) is 38.8 Å². The van der Waals surface area contributed by atoms with Crippen molar-refractivity contribution in [1.29, 1.82) is 0 Å². The number of esters is 1. The number of carbonyl (C=O) groups excluding carboxylic acids is 1. The Morgan fingerprint density at radius 1 is 1.14 bits per heavy atom. The van der Waals surface area contributed by atoms with Gasteiger partial charge in [0.15, 0.2) is 0 Å². The third kappa shape index (κ3) is 6.94. The molecule has 8 heteroatoms. The second-order valence-electron chi connectivity index (χ2n) is 10.9. The molecule has 0 aromatic heterocycles. The normalized spacial score (nSPS) is 18.2. The van der Waals surface area contributed by atoms with Gasteiger partial charge in [-0.1, -0.05) is 17.7 Å². The van der Waals surface area contributed by atoms with Crippen molar-refractivity contribution >= 4 is 17.6 Å². The Balaban J connectivity index is 1.34. The van der Waals surface area contributed by atoms with E-state index in [1.54, 1.807) is 26.8 Å². The summed E-state index contributed by atoms with van der Waals surface area (Å²) in [5.41, 5.74) is -0.786. The van der Waals surface area contributed by atoms with E-state index >= 15 is 4.39 Å². The second kappa shape index (κ2) is 10.6. The van der Waals surface area contributed by atoms with E-state index in [1.165, 1.54) is 24.3 Å². The molecule has 0 unspecified atom stereocenters. The van der Waals surface area contributed by atoms with Gasteiger partial charge in [0, 0.05) is 30.7 Å². The van der Waals surface area contributed by atoms with Crippen LogP contribution in [0.4, 0.5) is 13.2 Å². The number of hydrogen-bond donors (Lipinski definition) is 0. The molecule has 2 fully saturated rings. The highest BCUT2D eigenvalue weighted by molar-refractivity contribution is 6.31. The number of halogens is 4. The molecule has 0 bridgehead atoms. The second-order valence-corrected chi connectivity index (χ2v) is 11.3. The molecule has 2 aromatic carbocycles. The number of carbonyl (C=O) groups is 1. The van der Waals surface area contributed by atoms with Crippen molar-refractivity contribution in [2.24, 2.45) is 0 Å². The van der Waals surface area contributed by atoms with E-state index in [9.17, 15) is 13.6 Å². The summed E-state index contributed by atoms with van der Waals surface area (Å²) < 4.78 is 54.8. The highest BCUT2D eigenvalue weighted by atomic mass is 35.5. The van der Waals surface area contributed by atoms with Crippen LogP contribution in [0.1, 0.15) is 73.9 Å². The van der Waals surface area contributed by atoms with Crippen LogP contribution in [0.2, 0.25) is 5.02 Å². The molecule has 4 rings (SSSR count). The standard InChI is InChI=1S/C28H33ClF3NO3/c1-27(2,3)36-26(34)22-15-21(18-4-5-18)25(16-24(22)31)35-17-28(32)9-12-33(13-10-28)11-8-19-6-7-20(30)14-23(19)29/h6-7,14-16,18H,4-5,8-13,17H2,1-3H3. The number of benzene rings is 2. The van der Waals surface area contributed by atoms with Crippen molar-refractivity contribution in [2.75, 3.05) is 26.2 Å². The van der Waals surface area contributed by atoms with Crippen LogP contribution in [0.3, 0.4) is 0 Å². The van der Waals surface area contributed by atoms with Crippen LogP contribution in [0, 0.1) is 11.6 Å². The van der Waals surface area contributed by atoms with E-state index < -0.39 is 23.1 Å². The van der Waals surface area contributed by atoms with Crippen LogP contribution in [0.15, 0.2) is 30.3 Å². The fraction of sp³-hybridized carbons (Fsp3) is 0.536. The van der Waals surface area contributed by atoms with E-state index in [4.69, 9.17) is 21.1 Å². The lowest BCUT2D eigenvalue weighted by Crippen LogP contribution is -2.45. The van der Waals surface area contributed by atoms with Gasteiger partial charge in [-0.25, -0.2) is 18.0 Å². The Kier molecular flexibility index (Phi) is 7.91. The number of rotatable bonds is 8. The van der Waals surface area contributed by atoms with Gasteiger partial charge in [0.2, 0.25) is 0 Å². The summed E-state index contributed by atoms with van der Waals surface area (Å²) in [6.45, 7) is 6.82. The first kappa shape index (κ1) is 26.8. The molecule has 196 valence electrons. The van der Waals surface area contributed by atoms with Crippen molar-refractivity contribution < 1.29 is 27.4 Å². The Bertz CT molecular complexity index is 1110. The van der Waals surface area contributed by atoms with Gasteiger partial charge in [-0.2, -0.15) is 0 Å². The first-order valence-electron chi connectivity index (χ1n) is 12.5. The largest absolute Gasteiger partial charge is 0.490 e. The minimum atomic E-state index is -1.52. The lowest BCUT2D eigenvalue weighted by molar-refractivity contribution is 0.00629. The summed E-state index contributed by atoms with van der Waals surface area (Å²) >= 11 is 6.11. The molecule has 1 aliphatic carbocycles. The molecule has 0 atom stereocenters. The minimum Gasteiger partial charge on any atom is -0.490 e. The van der Waals surface area contributed by atoms with Crippen LogP contribution in [-0.2, 0) is 11.2 Å². The maximum absolute atomic E-state index is 15.6. The van der Waals surface area contributed by atoms with Crippen molar-refractivity contribution in [3.8, 4) is 5.75 Å². The molecule has 36 heavy (non-hydrogen) atoms. The molecule has 1 heterocycles. The fourth-order valence-electron chi connectivity index (χ4n) is 4.43. The third-order valence-corrected chi connectivity index (χ3v) is 7.04.